The van der Waals surface area contributed by atoms with E-state index in [-0.39, 0.29) is 17.7 Å². The molecular weight excluding hydrogens is 254 g/mol. The fourth-order valence-corrected chi connectivity index (χ4v) is 3.67. The molecule has 0 aliphatic heterocycles. The van der Waals surface area contributed by atoms with Crippen LogP contribution in [-0.4, -0.2) is 23.5 Å². The van der Waals surface area contributed by atoms with E-state index in [9.17, 15) is 9.59 Å². The van der Waals surface area contributed by atoms with Crippen LogP contribution in [0.25, 0.3) is 0 Å². The lowest BCUT2D eigenvalue weighted by atomic mass is 9.79. The Morgan fingerprint density at radius 2 is 1.60 bits per heavy atom. The van der Waals surface area contributed by atoms with E-state index in [4.69, 9.17) is 5.11 Å². The van der Waals surface area contributed by atoms with E-state index < -0.39 is 5.97 Å². The Hall–Kier alpha value is -1.06. The van der Waals surface area contributed by atoms with E-state index in [0.717, 1.165) is 19.4 Å². The van der Waals surface area contributed by atoms with Crippen molar-refractivity contribution >= 4 is 11.9 Å². The number of hydrogen-bond acceptors (Lipinski definition) is 2. The third kappa shape index (κ3) is 3.97. The second-order valence-electron chi connectivity index (χ2n) is 6.65. The molecule has 0 heterocycles. The van der Waals surface area contributed by atoms with Crippen LogP contribution in [0, 0.1) is 23.7 Å². The zero-order chi connectivity index (χ0) is 14.5. The fourth-order valence-electron chi connectivity index (χ4n) is 3.67. The molecule has 4 nitrogen and oxygen atoms in total. The minimum atomic E-state index is -0.708. The van der Waals surface area contributed by atoms with Gasteiger partial charge in [-0.25, -0.2) is 0 Å². The van der Waals surface area contributed by atoms with Gasteiger partial charge in [0.1, 0.15) is 0 Å². The van der Waals surface area contributed by atoms with Crippen LogP contribution in [0.15, 0.2) is 0 Å². The molecule has 1 amide bonds. The molecule has 0 spiro atoms. The van der Waals surface area contributed by atoms with Crippen molar-refractivity contribution in [3.05, 3.63) is 0 Å². The lowest BCUT2D eigenvalue weighted by Crippen LogP contribution is -2.38. The van der Waals surface area contributed by atoms with Crippen molar-refractivity contribution < 1.29 is 14.7 Å². The first-order chi connectivity index (χ1) is 9.58. The minimum absolute atomic E-state index is 0.0319. The summed E-state index contributed by atoms with van der Waals surface area (Å²) in [6.45, 7) is 3.09. The topological polar surface area (TPSA) is 66.4 Å². The number of carboxylic acids is 1. The van der Waals surface area contributed by atoms with Crippen molar-refractivity contribution in [1.29, 1.82) is 0 Å². The smallest absolute Gasteiger partial charge is 0.306 e. The first kappa shape index (κ1) is 15.3. The van der Waals surface area contributed by atoms with Gasteiger partial charge < -0.3 is 10.4 Å². The fraction of sp³-hybridized carbons (Fsp3) is 0.875. The number of rotatable bonds is 4. The summed E-state index contributed by atoms with van der Waals surface area (Å²) in [5.41, 5.74) is 0. The average molecular weight is 281 g/mol. The molecule has 4 heteroatoms. The van der Waals surface area contributed by atoms with Crippen LogP contribution in [0.1, 0.15) is 58.3 Å². The molecule has 2 atom stereocenters. The molecule has 0 bridgehead atoms. The first-order valence-electron chi connectivity index (χ1n) is 8.08. The number of aliphatic carboxylic acids is 1. The van der Waals surface area contributed by atoms with E-state index in [1.807, 2.05) is 0 Å². The second kappa shape index (κ2) is 7.09. The van der Waals surface area contributed by atoms with Crippen molar-refractivity contribution in [2.45, 2.75) is 58.3 Å². The van der Waals surface area contributed by atoms with Crippen molar-refractivity contribution in [3.8, 4) is 0 Å². The van der Waals surface area contributed by atoms with Gasteiger partial charge in [0.25, 0.3) is 0 Å². The molecule has 0 saturated heterocycles. The molecule has 0 radical (unpaired) electrons. The van der Waals surface area contributed by atoms with Gasteiger partial charge in [-0.3, -0.25) is 9.59 Å². The Balaban J connectivity index is 1.71. The molecule has 2 aliphatic carbocycles. The molecule has 20 heavy (non-hydrogen) atoms. The van der Waals surface area contributed by atoms with Gasteiger partial charge >= 0.3 is 5.97 Å². The monoisotopic (exact) mass is 281 g/mol. The lowest BCUT2D eigenvalue weighted by molar-refractivity contribution is -0.144. The van der Waals surface area contributed by atoms with Crippen LogP contribution in [0.5, 0.6) is 0 Å². The second-order valence-corrected chi connectivity index (χ2v) is 6.65. The average Bonchev–Trinajstić information content (AvgIpc) is 2.46. The largest absolute Gasteiger partial charge is 0.481 e. The predicted molar refractivity (Wildman–Crippen MR) is 77.2 cm³/mol. The summed E-state index contributed by atoms with van der Waals surface area (Å²) in [6, 6.07) is 0. The Kier molecular flexibility index (Phi) is 5.44. The molecule has 2 fully saturated rings. The number of amides is 1. The Morgan fingerprint density at radius 3 is 2.20 bits per heavy atom. The highest BCUT2D eigenvalue weighted by Gasteiger charge is 2.30. The number of carbonyl (C=O) groups is 2. The quantitative estimate of drug-likeness (QED) is 0.832. The van der Waals surface area contributed by atoms with Gasteiger partial charge in [-0.05, 0) is 43.9 Å². The van der Waals surface area contributed by atoms with Crippen LogP contribution in [0.4, 0.5) is 0 Å². The molecule has 2 unspecified atom stereocenters. The summed E-state index contributed by atoms with van der Waals surface area (Å²) in [4.78, 5) is 23.1. The SMILES string of the molecule is CC1CCCCC1CNC(=O)C1CCC(C(=O)O)CC1. The van der Waals surface area contributed by atoms with Crippen LogP contribution >= 0.6 is 0 Å². The van der Waals surface area contributed by atoms with Gasteiger partial charge in [-0.1, -0.05) is 26.2 Å². The molecule has 114 valence electrons. The van der Waals surface area contributed by atoms with Gasteiger partial charge in [0.2, 0.25) is 5.91 Å². The summed E-state index contributed by atoms with van der Waals surface area (Å²) >= 11 is 0. The van der Waals surface area contributed by atoms with E-state index >= 15 is 0 Å². The molecule has 0 aromatic rings. The first-order valence-corrected chi connectivity index (χ1v) is 8.08. The molecular formula is C16H27NO3. The highest BCUT2D eigenvalue weighted by molar-refractivity contribution is 5.79. The number of nitrogens with one attached hydrogen (secondary N) is 1. The van der Waals surface area contributed by atoms with Crippen molar-refractivity contribution in [2.24, 2.45) is 23.7 Å². The van der Waals surface area contributed by atoms with Crippen molar-refractivity contribution in [2.75, 3.05) is 6.54 Å². The number of carboxylic acid groups (broad SMARTS) is 1. The van der Waals surface area contributed by atoms with Crippen molar-refractivity contribution in [1.82, 2.24) is 5.32 Å². The van der Waals surface area contributed by atoms with Crippen molar-refractivity contribution in [3.63, 3.8) is 0 Å². The minimum Gasteiger partial charge on any atom is -0.481 e. The predicted octanol–water partition coefficient (Wildman–Crippen LogP) is 2.82. The van der Waals surface area contributed by atoms with E-state index in [1.54, 1.807) is 0 Å². The third-order valence-corrected chi connectivity index (χ3v) is 5.27. The molecule has 0 aromatic heterocycles. The summed E-state index contributed by atoms with van der Waals surface area (Å²) in [6.07, 6.45) is 7.86. The maximum atomic E-state index is 12.2. The molecule has 2 N–H and O–H groups in total. The highest BCUT2D eigenvalue weighted by atomic mass is 16.4. The lowest BCUT2D eigenvalue weighted by Gasteiger charge is -2.30. The summed E-state index contributed by atoms with van der Waals surface area (Å²) < 4.78 is 0. The van der Waals surface area contributed by atoms with Gasteiger partial charge in [0, 0.05) is 12.5 Å². The van der Waals surface area contributed by atoms with Crippen LogP contribution in [0.2, 0.25) is 0 Å². The van der Waals surface area contributed by atoms with Crippen LogP contribution in [0.3, 0.4) is 0 Å². The van der Waals surface area contributed by atoms with E-state index in [0.29, 0.717) is 24.7 Å². The van der Waals surface area contributed by atoms with Gasteiger partial charge in [-0.15, -0.1) is 0 Å². The zero-order valence-corrected chi connectivity index (χ0v) is 12.4. The number of hydrogen-bond donors (Lipinski definition) is 2. The summed E-state index contributed by atoms with van der Waals surface area (Å²) in [5, 5.41) is 12.1. The normalized spacial score (nSPS) is 34.5. The number of carbonyl (C=O) groups excluding carboxylic acids is 1. The Labute approximate surface area is 121 Å². The van der Waals surface area contributed by atoms with Crippen LogP contribution in [-0.2, 0) is 9.59 Å². The van der Waals surface area contributed by atoms with E-state index in [1.165, 1.54) is 25.7 Å². The molecule has 2 aliphatic rings. The molecule has 0 aromatic carbocycles. The maximum Gasteiger partial charge on any atom is 0.306 e. The maximum absolute atomic E-state index is 12.2. The van der Waals surface area contributed by atoms with Gasteiger partial charge in [0.05, 0.1) is 5.92 Å². The summed E-state index contributed by atoms with van der Waals surface area (Å²) in [5.74, 6) is 0.572. The Morgan fingerprint density at radius 1 is 1.00 bits per heavy atom. The van der Waals surface area contributed by atoms with Crippen LogP contribution < -0.4 is 5.32 Å². The summed E-state index contributed by atoms with van der Waals surface area (Å²) in [7, 11) is 0. The van der Waals surface area contributed by atoms with E-state index in [2.05, 4.69) is 12.2 Å². The molecule has 2 rings (SSSR count). The third-order valence-electron chi connectivity index (χ3n) is 5.27. The zero-order valence-electron chi connectivity index (χ0n) is 12.4. The van der Waals surface area contributed by atoms with Gasteiger partial charge in [0.15, 0.2) is 0 Å². The highest BCUT2D eigenvalue weighted by Crippen LogP contribution is 2.31. The van der Waals surface area contributed by atoms with Gasteiger partial charge in [-0.2, -0.15) is 0 Å². The molecule has 2 saturated carbocycles. The Bertz CT molecular complexity index is 348. The standard InChI is InChI=1S/C16H27NO3/c1-11-4-2-3-5-14(11)10-17-15(18)12-6-8-13(9-7-12)16(19)20/h11-14H,2-10H2,1H3,(H,17,18)(H,19,20).